The minimum atomic E-state index is -0.308. The fourth-order valence-electron chi connectivity index (χ4n) is 3.55. The maximum atomic E-state index is 8.92. The molecule has 5 nitrogen and oxygen atoms in total. The Hall–Kier alpha value is -0.670. The van der Waals surface area contributed by atoms with E-state index in [1.807, 2.05) is 6.92 Å². The van der Waals surface area contributed by atoms with Gasteiger partial charge in [-0.25, -0.2) is 0 Å². The van der Waals surface area contributed by atoms with Gasteiger partial charge in [0.15, 0.2) is 6.29 Å². The molecule has 0 amide bonds. The van der Waals surface area contributed by atoms with Gasteiger partial charge < -0.3 is 18.9 Å². The molecule has 5 heteroatoms. The summed E-state index contributed by atoms with van der Waals surface area (Å²) >= 11 is 0. The van der Waals surface area contributed by atoms with Crippen LogP contribution in [0, 0.1) is 17.2 Å². The second kappa shape index (κ2) is 5.02. The predicted molar refractivity (Wildman–Crippen MR) is 66.3 cm³/mol. The number of methoxy groups -OCH3 is 1. The fourth-order valence-corrected chi connectivity index (χ4v) is 3.55. The van der Waals surface area contributed by atoms with E-state index in [1.54, 1.807) is 7.11 Å². The van der Waals surface area contributed by atoms with Gasteiger partial charge in [-0.1, -0.05) is 0 Å². The van der Waals surface area contributed by atoms with Crippen LogP contribution in [0.1, 0.15) is 32.6 Å². The maximum absolute atomic E-state index is 8.92. The topological polar surface area (TPSA) is 60.7 Å². The molecule has 0 aromatic heterocycles. The van der Waals surface area contributed by atoms with Gasteiger partial charge in [0, 0.05) is 19.4 Å². The van der Waals surface area contributed by atoms with Crippen LogP contribution in [0.25, 0.3) is 0 Å². The van der Waals surface area contributed by atoms with E-state index >= 15 is 0 Å². The number of rotatable bonds is 3. The highest BCUT2D eigenvalue weighted by Crippen LogP contribution is 2.46. The van der Waals surface area contributed by atoms with Gasteiger partial charge in [-0.05, 0) is 26.2 Å². The largest absolute Gasteiger partial charge is 0.366 e. The summed E-state index contributed by atoms with van der Waals surface area (Å²) in [5.41, 5.74) is -0.308. The van der Waals surface area contributed by atoms with Crippen molar-refractivity contribution in [3.63, 3.8) is 0 Å². The molecule has 19 heavy (non-hydrogen) atoms. The van der Waals surface area contributed by atoms with E-state index < -0.39 is 0 Å². The van der Waals surface area contributed by atoms with E-state index in [4.69, 9.17) is 24.2 Å². The van der Waals surface area contributed by atoms with Crippen LogP contribution in [0.3, 0.4) is 0 Å². The molecule has 3 saturated heterocycles. The number of nitriles is 1. The number of nitrogens with zero attached hydrogens (tertiary/aromatic N) is 1. The van der Waals surface area contributed by atoms with E-state index in [-0.39, 0.29) is 36.1 Å². The maximum Gasteiger partial charge on any atom is 0.183 e. The van der Waals surface area contributed by atoms with Crippen LogP contribution in [-0.2, 0) is 18.9 Å². The summed E-state index contributed by atoms with van der Waals surface area (Å²) in [7, 11) is 1.65. The van der Waals surface area contributed by atoms with E-state index in [0.29, 0.717) is 6.61 Å². The molecule has 0 aromatic rings. The lowest BCUT2D eigenvalue weighted by Crippen LogP contribution is -2.54. The van der Waals surface area contributed by atoms with Gasteiger partial charge >= 0.3 is 0 Å². The molecular formula is C14H21NO4. The molecule has 0 saturated carbocycles. The molecule has 3 rings (SSSR count). The normalized spacial score (nSPS) is 46.4. The third-order valence-corrected chi connectivity index (χ3v) is 4.49. The molecule has 3 fully saturated rings. The van der Waals surface area contributed by atoms with Crippen LogP contribution in [0.2, 0.25) is 0 Å². The molecule has 1 spiro atoms. The van der Waals surface area contributed by atoms with Crippen LogP contribution in [0.5, 0.6) is 0 Å². The Morgan fingerprint density at radius 3 is 3.05 bits per heavy atom. The zero-order valence-corrected chi connectivity index (χ0v) is 11.5. The molecule has 0 N–H and O–H groups in total. The monoisotopic (exact) mass is 267 g/mol. The molecule has 3 aliphatic rings. The van der Waals surface area contributed by atoms with Crippen molar-refractivity contribution in [1.82, 2.24) is 0 Å². The van der Waals surface area contributed by atoms with Crippen LogP contribution >= 0.6 is 0 Å². The number of hydrogen-bond acceptors (Lipinski definition) is 5. The SMILES string of the molecule is CO[C@@H]1OC[C@]23C[C@H]1O[C@H]2CC[C@H](CC(C)C#N)O3. The molecular weight excluding hydrogens is 246 g/mol. The van der Waals surface area contributed by atoms with Crippen molar-refractivity contribution in [1.29, 1.82) is 5.26 Å². The van der Waals surface area contributed by atoms with Crippen molar-refractivity contribution in [2.45, 2.75) is 62.8 Å². The summed E-state index contributed by atoms with van der Waals surface area (Å²) < 4.78 is 23.3. The summed E-state index contributed by atoms with van der Waals surface area (Å²) in [6.45, 7) is 2.48. The first kappa shape index (κ1) is 13.3. The average molecular weight is 267 g/mol. The molecule has 0 aliphatic carbocycles. The van der Waals surface area contributed by atoms with Crippen LogP contribution in [-0.4, -0.2) is 43.9 Å². The first-order valence-corrected chi connectivity index (χ1v) is 7.04. The minimum Gasteiger partial charge on any atom is -0.366 e. The van der Waals surface area contributed by atoms with E-state index in [9.17, 15) is 0 Å². The highest BCUT2D eigenvalue weighted by Gasteiger charge is 2.58. The van der Waals surface area contributed by atoms with Crippen molar-refractivity contribution in [2.24, 2.45) is 5.92 Å². The van der Waals surface area contributed by atoms with Gasteiger partial charge in [-0.2, -0.15) is 5.26 Å². The van der Waals surface area contributed by atoms with E-state index in [1.165, 1.54) is 0 Å². The van der Waals surface area contributed by atoms with Crippen molar-refractivity contribution >= 4 is 0 Å². The Kier molecular flexibility index (Phi) is 3.52. The highest BCUT2D eigenvalue weighted by molar-refractivity contribution is 5.05. The van der Waals surface area contributed by atoms with Crippen molar-refractivity contribution in [3.05, 3.63) is 0 Å². The van der Waals surface area contributed by atoms with Gasteiger partial charge in [0.05, 0.1) is 24.9 Å². The van der Waals surface area contributed by atoms with Gasteiger partial charge in [0.25, 0.3) is 0 Å². The Morgan fingerprint density at radius 2 is 2.32 bits per heavy atom. The molecule has 106 valence electrons. The standard InChI is InChI=1S/C14H21NO4/c1-9(7-15)5-10-3-4-12-14(19-10)6-11(18-12)13(16-2)17-8-14/h9-13H,3-6,8H2,1-2H3/t9?,10-,11-,12+,13-,14-/m1/s1. The first-order valence-electron chi connectivity index (χ1n) is 7.04. The summed E-state index contributed by atoms with van der Waals surface area (Å²) in [6, 6.07) is 2.28. The smallest absolute Gasteiger partial charge is 0.183 e. The van der Waals surface area contributed by atoms with Crippen molar-refractivity contribution in [3.8, 4) is 6.07 Å². The molecule has 3 aliphatic heterocycles. The lowest BCUT2D eigenvalue weighted by atomic mass is 9.84. The molecule has 2 bridgehead atoms. The van der Waals surface area contributed by atoms with Gasteiger partial charge in [0.2, 0.25) is 0 Å². The molecule has 0 aromatic carbocycles. The Labute approximate surface area is 113 Å². The quantitative estimate of drug-likeness (QED) is 0.777. The fraction of sp³-hybridized carbons (Fsp3) is 0.929. The molecule has 3 heterocycles. The van der Waals surface area contributed by atoms with E-state index in [2.05, 4.69) is 6.07 Å². The lowest BCUT2D eigenvalue weighted by molar-refractivity contribution is -0.231. The summed E-state index contributed by atoms with van der Waals surface area (Å²) in [5, 5.41) is 8.92. The summed E-state index contributed by atoms with van der Waals surface area (Å²) in [5.74, 6) is 0.0345. The highest BCUT2D eigenvalue weighted by atomic mass is 16.7. The van der Waals surface area contributed by atoms with E-state index in [0.717, 1.165) is 25.7 Å². The Bertz CT molecular complexity index is 382. The number of ether oxygens (including phenoxy) is 4. The minimum absolute atomic E-state index is 0.0177. The van der Waals surface area contributed by atoms with Gasteiger partial charge in [0.1, 0.15) is 11.7 Å². The summed E-state index contributed by atoms with van der Waals surface area (Å²) in [6.07, 6.45) is 3.56. The average Bonchev–Trinajstić information content (AvgIpc) is 2.71. The van der Waals surface area contributed by atoms with Gasteiger partial charge in [-0.3, -0.25) is 0 Å². The molecule has 0 radical (unpaired) electrons. The zero-order valence-electron chi connectivity index (χ0n) is 11.5. The lowest BCUT2D eigenvalue weighted by Gasteiger charge is -2.43. The third kappa shape index (κ3) is 2.27. The van der Waals surface area contributed by atoms with Gasteiger partial charge in [-0.15, -0.1) is 0 Å². The third-order valence-electron chi connectivity index (χ3n) is 4.49. The number of hydrogen-bond donors (Lipinski definition) is 0. The Morgan fingerprint density at radius 1 is 1.47 bits per heavy atom. The predicted octanol–water partition coefficient (Wildman–Crippen LogP) is 1.61. The van der Waals surface area contributed by atoms with Crippen LogP contribution < -0.4 is 0 Å². The first-order chi connectivity index (χ1) is 9.16. The second-order valence-corrected chi connectivity index (χ2v) is 5.93. The molecule has 1 unspecified atom stereocenters. The number of fused-ring (bicyclic) bond motifs is 1. The second-order valence-electron chi connectivity index (χ2n) is 5.93. The van der Waals surface area contributed by atoms with Crippen molar-refractivity contribution < 1.29 is 18.9 Å². The summed E-state index contributed by atoms with van der Waals surface area (Å²) in [4.78, 5) is 0. The molecule has 6 atom stereocenters. The zero-order chi connectivity index (χ0) is 13.5. The van der Waals surface area contributed by atoms with Crippen LogP contribution in [0.4, 0.5) is 0 Å². The van der Waals surface area contributed by atoms with Crippen LogP contribution in [0.15, 0.2) is 0 Å². The Balaban J connectivity index is 1.68. The van der Waals surface area contributed by atoms with Crippen molar-refractivity contribution in [2.75, 3.05) is 13.7 Å².